The first-order valence-corrected chi connectivity index (χ1v) is 17.2. The number of nitrogens with one attached hydrogen (secondary N) is 3. The Balaban J connectivity index is 0.924. The molecule has 1 aliphatic carbocycles. The predicted molar refractivity (Wildman–Crippen MR) is 186 cm³/mol. The molecule has 1 fully saturated rings. The van der Waals surface area contributed by atoms with Gasteiger partial charge in [-0.1, -0.05) is 12.1 Å². The maximum atomic E-state index is 13.5. The Bertz CT molecular complexity index is 1780. The number of fused-ring (bicyclic) bond motifs is 1. The zero-order chi connectivity index (χ0) is 34.2. The van der Waals surface area contributed by atoms with E-state index in [0.717, 1.165) is 36.9 Å². The molecule has 5 N–H and O–H groups in total. The van der Waals surface area contributed by atoms with Crippen LogP contribution >= 0.6 is 11.3 Å². The lowest BCUT2D eigenvalue weighted by molar-refractivity contribution is -0.122. The predicted octanol–water partition coefficient (Wildman–Crippen LogP) is 4.38. The number of nitrogens with two attached hydrogens (primary N) is 1. The highest BCUT2D eigenvalue weighted by atomic mass is 32.1. The maximum Gasteiger partial charge on any atom is 0.262 e. The summed E-state index contributed by atoms with van der Waals surface area (Å²) in [5.41, 5.74) is 11.6. The molecule has 2 aliphatic rings. The molecule has 49 heavy (non-hydrogen) atoms. The zero-order valence-electron chi connectivity index (χ0n) is 26.9. The first-order valence-electron chi connectivity index (χ1n) is 16.2. The molecule has 254 valence electrons. The average Bonchev–Trinajstić information content (AvgIpc) is 3.83. The number of hydrogen-bond acceptors (Lipinski definition) is 9. The van der Waals surface area contributed by atoms with Crippen molar-refractivity contribution in [3.63, 3.8) is 0 Å². The lowest BCUT2D eigenvalue weighted by Gasteiger charge is -2.24. The largest absolute Gasteiger partial charge is 0.494 e. The van der Waals surface area contributed by atoms with Crippen LogP contribution in [0, 0.1) is 0 Å². The molecule has 6 rings (SSSR count). The molecule has 1 unspecified atom stereocenters. The van der Waals surface area contributed by atoms with Crippen LogP contribution in [0.15, 0.2) is 77.6 Å². The van der Waals surface area contributed by atoms with Gasteiger partial charge in [0.15, 0.2) is 6.61 Å². The molecule has 0 saturated heterocycles. The fourth-order valence-electron chi connectivity index (χ4n) is 5.34. The molecule has 0 radical (unpaired) electrons. The van der Waals surface area contributed by atoms with E-state index in [1.807, 2.05) is 22.4 Å². The van der Waals surface area contributed by atoms with Gasteiger partial charge in [-0.05, 0) is 85.8 Å². The molecular weight excluding hydrogens is 644 g/mol. The van der Waals surface area contributed by atoms with Gasteiger partial charge in [-0.25, -0.2) is 4.98 Å². The molecule has 0 bridgehead atoms. The second-order valence-corrected chi connectivity index (χ2v) is 12.7. The van der Waals surface area contributed by atoms with E-state index in [9.17, 15) is 19.2 Å². The third-order valence-electron chi connectivity index (χ3n) is 8.18. The number of carbonyl (C=O) groups excluding carboxylic acids is 4. The van der Waals surface area contributed by atoms with Gasteiger partial charge < -0.3 is 36.1 Å². The van der Waals surface area contributed by atoms with Crippen LogP contribution in [0.3, 0.4) is 0 Å². The quantitative estimate of drug-likeness (QED) is 0.134. The Hall–Kier alpha value is -5.27. The first kappa shape index (κ1) is 33.6. The van der Waals surface area contributed by atoms with Crippen molar-refractivity contribution in [2.45, 2.75) is 50.7 Å². The SMILES string of the molecule is NC(Cc1cscn1)C(=O)NCCCCOc1ccc(NC(=O)c2ccc(CN(C(=O)c3ccc4c(c3)OCC(=O)N4)C3CC3)cc2)cc1. The molecule has 4 aromatic rings. The summed E-state index contributed by atoms with van der Waals surface area (Å²) in [7, 11) is 0. The Morgan fingerprint density at radius 1 is 1.04 bits per heavy atom. The van der Waals surface area contributed by atoms with Crippen molar-refractivity contribution in [1.82, 2.24) is 15.2 Å². The number of aromatic nitrogens is 1. The summed E-state index contributed by atoms with van der Waals surface area (Å²) in [5.74, 6) is 0.407. The Labute approximate surface area is 288 Å². The highest BCUT2D eigenvalue weighted by Gasteiger charge is 2.33. The van der Waals surface area contributed by atoms with Crippen LogP contribution in [-0.4, -0.2) is 65.4 Å². The third-order valence-corrected chi connectivity index (χ3v) is 8.81. The minimum absolute atomic E-state index is 0.0757. The molecule has 1 atom stereocenters. The van der Waals surface area contributed by atoms with Crippen molar-refractivity contribution >= 4 is 46.3 Å². The number of nitrogens with zero attached hydrogens (tertiary/aromatic N) is 2. The number of unbranched alkanes of at least 4 members (excludes halogenated alkanes) is 1. The average molecular weight is 683 g/mol. The van der Waals surface area contributed by atoms with Gasteiger partial charge in [-0.15, -0.1) is 11.3 Å². The zero-order valence-corrected chi connectivity index (χ0v) is 27.7. The monoisotopic (exact) mass is 682 g/mol. The van der Waals surface area contributed by atoms with Crippen molar-refractivity contribution < 1.29 is 28.7 Å². The fourth-order valence-corrected chi connectivity index (χ4v) is 5.91. The summed E-state index contributed by atoms with van der Waals surface area (Å²) in [4.78, 5) is 56.1. The van der Waals surface area contributed by atoms with Gasteiger partial charge >= 0.3 is 0 Å². The topological polar surface area (TPSA) is 165 Å². The van der Waals surface area contributed by atoms with Crippen molar-refractivity contribution in [1.29, 1.82) is 0 Å². The lowest BCUT2D eigenvalue weighted by atomic mass is 10.1. The van der Waals surface area contributed by atoms with Crippen LogP contribution in [-0.2, 0) is 22.6 Å². The number of carbonyl (C=O) groups is 4. The van der Waals surface area contributed by atoms with Gasteiger partial charge in [0.1, 0.15) is 11.5 Å². The first-order chi connectivity index (χ1) is 23.8. The van der Waals surface area contributed by atoms with Gasteiger partial charge in [0.05, 0.1) is 29.5 Å². The van der Waals surface area contributed by atoms with Gasteiger partial charge in [-0.3, -0.25) is 19.2 Å². The van der Waals surface area contributed by atoms with E-state index >= 15 is 0 Å². The summed E-state index contributed by atoms with van der Waals surface area (Å²) < 4.78 is 11.3. The summed E-state index contributed by atoms with van der Waals surface area (Å²) >= 11 is 1.48. The Morgan fingerprint density at radius 3 is 2.55 bits per heavy atom. The number of rotatable bonds is 15. The summed E-state index contributed by atoms with van der Waals surface area (Å²) in [6, 6.07) is 19.0. The van der Waals surface area contributed by atoms with Gasteiger partial charge in [0, 0.05) is 47.7 Å². The normalized spacial score (nSPS) is 14.1. The van der Waals surface area contributed by atoms with Crippen molar-refractivity contribution in [3.8, 4) is 11.5 Å². The number of anilines is 2. The van der Waals surface area contributed by atoms with E-state index in [-0.39, 0.29) is 36.3 Å². The van der Waals surface area contributed by atoms with E-state index in [1.54, 1.807) is 60.1 Å². The highest BCUT2D eigenvalue weighted by molar-refractivity contribution is 7.07. The van der Waals surface area contributed by atoms with Crippen LogP contribution in [0.5, 0.6) is 11.5 Å². The molecule has 1 aliphatic heterocycles. The Morgan fingerprint density at radius 2 is 1.82 bits per heavy atom. The molecule has 0 spiro atoms. The molecule has 1 saturated carbocycles. The molecular formula is C36H38N6O6S. The van der Waals surface area contributed by atoms with Crippen LogP contribution < -0.4 is 31.2 Å². The minimum atomic E-state index is -0.617. The number of ether oxygens (including phenoxy) is 2. The standard InChI is InChI=1S/C36H38N6O6S/c37-30(18-27-21-49-22-39-27)35(45)38-15-1-2-16-47-29-12-8-26(9-13-29)40-34(44)24-5-3-23(4-6-24)19-42(28-10-11-28)36(46)25-7-14-31-32(17-25)48-20-33(43)41-31/h3-9,12-14,17,21-22,28,30H,1-2,10-11,15-16,18-20,37H2,(H,38,45)(H,40,44)(H,41,43). The summed E-state index contributed by atoms with van der Waals surface area (Å²) in [6.07, 6.45) is 3.81. The smallest absolute Gasteiger partial charge is 0.262 e. The van der Waals surface area contributed by atoms with Crippen molar-refractivity contribution in [2.75, 3.05) is 30.4 Å². The molecule has 3 aromatic carbocycles. The van der Waals surface area contributed by atoms with Gasteiger partial charge in [0.25, 0.3) is 17.7 Å². The fraction of sp³-hybridized carbons (Fsp3) is 0.306. The molecule has 2 heterocycles. The van der Waals surface area contributed by atoms with Crippen LogP contribution in [0.25, 0.3) is 0 Å². The van der Waals surface area contributed by atoms with Gasteiger partial charge in [-0.2, -0.15) is 0 Å². The van der Waals surface area contributed by atoms with E-state index in [2.05, 4.69) is 20.9 Å². The van der Waals surface area contributed by atoms with Crippen molar-refractivity contribution in [3.05, 3.63) is 100 Å². The maximum absolute atomic E-state index is 13.5. The van der Waals surface area contributed by atoms with E-state index < -0.39 is 6.04 Å². The van der Waals surface area contributed by atoms with E-state index in [0.29, 0.717) is 60.1 Å². The number of benzene rings is 3. The second-order valence-electron chi connectivity index (χ2n) is 12.0. The minimum Gasteiger partial charge on any atom is -0.494 e. The van der Waals surface area contributed by atoms with Gasteiger partial charge in [0.2, 0.25) is 5.91 Å². The van der Waals surface area contributed by atoms with Crippen LogP contribution in [0.1, 0.15) is 57.7 Å². The second kappa shape index (κ2) is 15.8. The molecule has 12 nitrogen and oxygen atoms in total. The Kier molecular flexibility index (Phi) is 10.8. The number of thiazole rings is 1. The van der Waals surface area contributed by atoms with Crippen LogP contribution in [0.2, 0.25) is 0 Å². The lowest BCUT2D eigenvalue weighted by Crippen LogP contribution is -2.42. The highest BCUT2D eigenvalue weighted by Crippen LogP contribution is 2.33. The number of amides is 4. The third kappa shape index (κ3) is 9.21. The molecule has 1 aromatic heterocycles. The summed E-state index contributed by atoms with van der Waals surface area (Å²) in [6.45, 7) is 1.35. The number of hydrogen-bond donors (Lipinski definition) is 4. The summed E-state index contributed by atoms with van der Waals surface area (Å²) in [5, 5.41) is 10.4. The van der Waals surface area contributed by atoms with E-state index in [1.165, 1.54) is 11.3 Å². The molecule has 13 heteroatoms. The molecule has 4 amide bonds. The van der Waals surface area contributed by atoms with Crippen molar-refractivity contribution in [2.24, 2.45) is 5.73 Å². The van der Waals surface area contributed by atoms with E-state index in [4.69, 9.17) is 15.2 Å². The van der Waals surface area contributed by atoms with Crippen LogP contribution in [0.4, 0.5) is 11.4 Å².